The van der Waals surface area contributed by atoms with Crippen molar-refractivity contribution in [2.75, 3.05) is 13.2 Å². The van der Waals surface area contributed by atoms with E-state index < -0.39 is 23.7 Å². The molecule has 1 aliphatic rings. The van der Waals surface area contributed by atoms with E-state index >= 15 is 0 Å². The molecular weight excluding hydrogens is 329 g/mol. The number of carbonyl (C=O) groups excluding carboxylic acids is 2. The van der Waals surface area contributed by atoms with Gasteiger partial charge in [-0.05, 0) is 26.8 Å². The first-order valence-corrected chi connectivity index (χ1v) is 7.89. The summed E-state index contributed by atoms with van der Waals surface area (Å²) in [7, 11) is 0. The number of benzene rings is 1. The predicted molar refractivity (Wildman–Crippen MR) is 87.4 cm³/mol. The van der Waals surface area contributed by atoms with Crippen LogP contribution in [0.15, 0.2) is 47.1 Å². The van der Waals surface area contributed by atoms with Crippen molar-refractivity contribution >= 4 is 11.9 Å². The molecule has 1 atom stereocenters. The molecule has 6 nitrogen and oxygen atoms in total. The summed E-state index contributed by atoms with van der Waals surface area (Å²) in [5, 5.41) is 0. The molecular formula is C18H20FNO5. The van der Waals surface area contributed by atoms with Crippen LogP contribution in [0.4, 0.5) is 4.39 Å². The van der Waals surface area contributed by atoms with Crippen LogP contribution in [-0.2, 0) is 23.8 Å². The number of esters is 2. The molecule has 1 aliphatic heterocycles. The van der Waals surface area contributed by atoms with E-state index in [9.17, 15) is 14.0 Å². The third-order valence-electron chi connectivity index (χ3n) is 3.69. The van der Waals surface area contributed by atoms with Gasteiger partial charge in [-0.15, -0.1) is 0 Å². The second-order valence-electron chi connectivity index (χ2n) is 5.25. The minimum atomic E-state index is -1.08. The average Bonchev–Trinajstić information content (AvgIpc) is 2.54. The van der Waals surface area contributed by atoms with Gasteiger partial charge in [0, 0.05) is 5.56 Å². The number of allylic oxidation sites excluding steroid dienone is 1. The van der Waals surface area contributed by atoms with Gasteiger partial charge in [-0.3, -0.25) is 0 Å². The zero-order valence-electron chi connectivity index (χ0n) is 14.3. The Bertz CT molecular complexity index is 714. The highest BCUT2D eigenvalue weighted by Gasteiger charge is 2.41. The molecule has 2 rings (SSSR count). The molecule has 1 heterocycles. The van der Waals surface area contributed by atoms with Crippen molar-refractivity contribution < 1.29 is 28.2 Å². The van der Waals surface area contributed by atoms with Crippen LogP contribution in [0.3, 0.4) is 0 Å². The molecule has 7 heteroatoms. The van der Waals surface area contributed by atoms with E-state index in [2.05, 4.69) is 0 Å². The van der Waals surface area contributed by atoms with Crippen LogP contribution in [0.2, 0.25) is 0 Å². The fourth-order valence-corrected chi connectivity index (χ4v) is 2.68. The number of nitrogens with two attached hydrogens (primary N) is 1. The largest absolute Gasteiger partial charge is 0.463 e. The first-order valence-electron chi connectivity index (χ1n) is 7.89. The maximum Gasteiger partial charge on any atom is 0.340 e. The minimum absolute atomic E-state index is 0.0178. The second-order valence-corrected chi connectivity index (χ2v) is 5.25. The normalized spacial score (nSPS) is 17.2. The van der Waals surface area contributed by atoms with Crippen molar-refractivity contribution in [3.63, 3.8) is 0 Å². The summed E-state index contributed by atoms with van der Waals surface area (Å²) in [6.07, 6.45) is 0. The highest BCUT2D eigenvalue weighted by atomic mass is 19.1. The van der Waals surface area contributed by atoms with Crippen molar-refractivity contribution in [1.29, 1.82) is 0 Å². The number of carbonyl (C=O) groups is 2. The van der Waals surface area contributed by atoms with Crippen LogP contribution in [0.1, 0.15) is 32.3 Å². The second kappa shape index (κ2) is 7.83. The number of hydrogen-bond donors (Lipinski definition) is 1. The Balaban J connectivity index is 2.66. The first-order chi connectivity index (χ1) is 11.9. The Hall–Kier alpha value is -2.83. The van der Waals surface area contributed by atoms with Crippen LogP contribution in [-0.4, -0.2) is 25.2 Å². The molecule has 0 radical (unpaired) electrons. The Morgan fingerprint density at radius 3 is 2.24 bits per heavy atom. The lowest BCUT2D eigenvalue weighted by atomic mass is 9.82. The maximum absolute atomic E-state index is 14.4. The van der Waals surface area contributed by atoms with Crippen molar-refractivity contribution in [2.24, 2.45) is 5.73 Å². The highest BCUT2D eigenvalue weighted by molar-refractivity contribution is 5.99. The van der Waals surface area contributed by atoms with Crippen molar-refractivity contribution in [3.8, 4) is 0 Å². The van der Waals surface area contributed by atoms with E-state index in [4.69, 9.17) is 19.9 Å². The standard InChI is InChI=1S/C18H20FNO5/c1-4-23-17(21)13-10(3)25-16(20)15(18(22)24-5-2)14(13)11-8-6-7-9-12(11)19/h6-9,14H,4-5,20H2,1-3H3/t14-/m0/s1. The van der Waals surface area contributed by atoms with Crippen LogP contribution in [0, 0.1) is 5.82 Å². The molecule has 0 spiro atoms. The lowest BCUT2D eigenvalue weighted by molar-refractivity contribution is -0.140. The zero-order valence-corrected chi connectivity index (χ0v) is 14.3. The Morgan fingerprint density at radius 2 is 1.68 bits per heavy atom. The first kappa shape index (κ1) is 18.5. The molecule has 1 aromatic rings. The Kier molecular flexibility index (Phi) is 5.80. The summed E-state index contributed by atoms with van der Waals surface area (Å²) in [5.74, 6) is -3.22. The van der Waals surface area contributed by atoms with E-state index in [0.29, 0.717) is 0 Å². The summed E-state index contributed by atoms with van der Waals surface area (Å²) < 4.78 is 29.9. The monoisotopic (exact) mass is 349 g/mol. The third-order valence-corrected chi connectivity index (χ3v) is 3.69. The number of hydrogen-bond acceptors (Lipinski definition) is 6. The molecule has 0 unspecified atom stereocenters. The molecule has 0 aliphatic carbocycles. The molecule has 0 amide bonds. The molecule has 0 saturated heterocycles. The van der Waals surface area contributed by atoms with E-state index in [-0.39, 0.29) is 41.6 Å². The van der Waals surface area contributed by atoms with Gasteiger partial charge in [-0.25, -0.2) is 14.0 Å². The molecule has 0 saturated carbocycles. The fraction of sp³-hybridized carbons (Fsp3) is 0.333. The molecule has 1 aromatic carbocycles. The summed E-state index contributed by atoms with van der Waals surface area (Å²) in [4.78, 5) is 24.8. The molecule has 0 bridgehead atoms. The van der Waals surface area contributed by atoms with Gasteiger partial charge in [0.1, 0.15) is 17.1 Å². The van der Waals surface area contributed by atoms with Gasteiger partial charge in [0.05, 0.1) is 24.7 Å². The van der Waals surface area contributed by atoms with Gasteiger partial charge in [0.15, 0.2) is 0 Å². The van der Waals surface area contributed by atoms with Gasteiger partial charge in [0.25, 0.3) is 0 Å². The molecule has 2 N–H and O–H groups in total. The van der Waals surface area contributed by atoms with Crippen molar-refractivity contribution in [2.45, 2.75) is 26.7 Å². The quantitative estimate of drug-likeness (QED) is 0.822. The SMILES string of the molecule is CCOC(=O)C1=C(C)OC(N)=C(C(=O)OCC)[C@H]1c1ccccc1F. The van der Waals surface area contributed by atoms with Crippen LogP contribution in [0.25, 0.3) is 0 Å². The van der Waals surface area contributed by atoms with Gasteiger partial charge in [0.2, 0.25) is 5.88 Å². The lowest BCUT2D eigenvalue weighted by Gasteiger charge is -2.28. The molecule has 0 fully saturated rings. The zero-order chi connectivity index (χ0) is 18.6. The van der Waals surface area contributed by atoms with Gasteiger partial charge < -0.3 is 19.9 Å². The van der Waals surface area contributed by atoms with Crippen LogP contribution in [0.5, 0.6) is 0 Å². The van der Waals surface area contributed by atoms with Gasteiger partial charge in [-0.2, -0.15) is 0 Å². The summed E-state index contributed by atoms with van der Waals surface area (Å²) in [5.41, 5.74) is 5.87. The predicted octanol–water partition coefficient (Wildman–Crippen LogP) is 2.51. The fourth-order valence-electron chi connectivity index (χ4n) is 2.68. The maximum atomic E-state index is 14.4. The number of halogens is 1. The molecule has 25 heavy (non-hydrogen) atoms. The number of rotatable bonds is 5. The van der Waals surface area contributed by atoms with E-state index in [0.717, 1.165) is 0 Å². The molecule has 134 valence electrons. The summed E-state index contributed by atoms with van der Waals surface area (Å²) in [6, 6.07) is 5.83. The van der Waals surface area contributed by atoms with E-state index in [1.54, 1.807) is 19.9 Å². The summed E-state index contributed by atoms with van der Waals surface area (Å²) >= 11 is 0. The topological polar surface area (TPSA) is 87.9 Å². The lowest BCUT2D eigenvalue weighted by Crippen LogP contribution is -2.30. The van der Waals surface area contributed by atoms with Crippen LogP contribution < -0.4 is 5.73 Å². The van der Waals surface area contributed by atoms with E-state index in [1.165, 1.54) is 25.1 Å². The Morgan fingerprint density at radius 1 is 1.12 bits per heavy atom. The third kappa shape index (κ3) is 3.65. The smallest absolute Gasteiger partial charge is 0.340 e. The average molecular weight is 349 g/mol. The highest BCUT2D eigenvalue weighted by Crippen LogP contribution is 2.41. The van der Waals surface area contributed by atoms with Gasteiger partial charge in [-0.1, -0.05) is 18.2 Å². The van der Waals surface area contributed by atoms with E-state index in [1.807, 2.05) is 0 Å². The Labute approximate surface area is 145 Å². The molecule has 0 aromatic heterocycles. The number of ether oxygens (including phenoxy) is 3. The van der Waals surface area contributed by atoms with Crippen LogP contribution >= 0.6 is 0 Å². The minimum Gasteiger partial charge on any atom is -0.463 e. The summed E-state index contributed by atoms with van der Waals surface area (Å²) in [6.45, 7) is 5.00. The van der Waals surface area contributed by atoms with Crippen molar-refractivity contribution in [1.82, 2.24) is 0 Å². The van der Waals surface area contributed by atoms with Crippen molar-refractivity contribution in [3.05, 3.63) is 58.4 Å². The van der Waals surface area contributed by atoms with Gasteiger partial charge >= 0.3 is 11.9 Å².